The third-order valence-corrected chi connectivity index (χ3v) is 12.0. The van der Waals surface area contributed by atoms with E-state index in [1.54, 1.807) is 0 Å². The van der Waals surface area contributed by atoms with E-state index >= 15 is 0 Å². The van der Waals surface area contributed by atoms with E-state index in [9.17, 15) is 0 Å². The molecular formula is C53H36. The normalized spacial score (nSPS) is 13.2. The SMILES string of the molecule is CC1(C)c2cccc(-c3cccc(-c4c5ccccc5c(-c5cccc6ccccc56)c5ccccc45)c3)c2-c2c1c1ccccc1c1ccccc21. The van der Waals surface area contributed by atoms with E-state index in [0.29, 0.717) is 0 Å². The highest BCUT2D eigenvalue weighted by Gasteiger charge is 2.39. The first kappa shape index (κ1) is 30.2. The Balaban J connectivity index is 1.19. The quantitative estimate of drug-likeness (QED) is 0.129. The fraction of sp³-hybridized carbons (Fsp3) is 0.0566. The summed E-state index contributed by atoms with van der Waals surface area (Å²) < 4.78 is 0. The zero-order chi connectivity index (χ0) is 35.3. The predicted octanol–water partition coefficient (Wildman–Crippen LogP) is 14.8. The lowest BCUT2D eigenvalue weighted by Crippen LogP contribution is -2.15. The first-order chi connectivity index (χ1) is 26.1. The van der Waals surface area contributed by atoms with Crippen LogP contribution in [-0.4, -0.2) is 0 Å². The Hall–Kier alpha value is -6.50. The van der Waals surface area contributed by atoms with Crippen LogP contribution in [0.2, 0.25) is 0 Å². The van der Waals surface area contributed by atoms with Gasteiger partial charge in [-0.25, -0.2) is 0 Å². The molecule has 0 saturated heterocycles. The van der Waals surface area contributed by atoms with Gasteiger partial charge in [-0.3, -0.25) is 0 Å². The summed E-state index contributed by atoms with van der Waals surface area (Å²) in [5, 5.41) is 13.0. The molecule has 0 spiro atoms. The van der Waals surface area contributed by atoms with Gasteiger partial charge in [-0.05, 0) is 116 Å². The van der Waals surface area contributed by atoms with Crippen LogP contribution in [-0.2, 0) is 5.41 Å². The van der Waals surface area contributed by atoms with Crippen LogP contribution in [0.1, 0.15) is 25.0 Å². The average molecular weight is 673 g/mol. The molecule has 0 heterocycles. The fourth-order valence-corrected chi connectivity index (χ4v) is 9.78. The minimum absolute atomic E-state index is 0.147. The van der Waals surface area contributed by atoms with E-state index in [1.165, 1.54) is 109 Å². The van der Waals surface area contributed by atoms with E-state index in [1.807, 2.05) is 0 Å². The molecule has 0 aromatic heterocycles. The highest BCUT2D eigenvalue weighted by molar-refractivity contribution is 6.24. The van der Waals surface area contributed by atoms with Gasteiger partial charge in [0.15, 0.2) is 0 Å². The topological polar surface area (TPSA) is 0 Å². The number of hydrogen-bond acceptors (Lipinski definition) is 0. The molecule has 0 saturated carbocycles. The molecule has 0 radical (unpaired) electrons. The Morgan fingerprint density at radius 3 is 1.43 bits per heavy atom. The molecule has 0 N–H and O–H groups in total. The van der Waals surface area contributed by atoms with Gasteiger partial charge in [0, 0.05) is 5.41 Å². The number of benzene rings is 10. The first-order valence-electron chi connectivity index (χ1n) is 18.7. The summed E-state index contributed by atoms with van der Waals surface area (Å²) in [4.78, 5) is 0. The van der Waals surface area contributed by atoms with E-state index in [2.05, 4.69) is 196 Å². The van der Waals surface area contributed by atoms with Crippen molar-refractivity contribution in [3.63, 3.8) is 0 Å². The molecule has 0 amide bonds. The lowest BCUT2D eigenvalue weighted by molar-refractivity contribution is 0.666. The van der Waals surface area contributed by atoms with Crippen LogP contribution in [0, 0.1) is 0 Å². The summed E-state index contributed by atoms with van der Waals surface area (Å²) in [6.45, 7) is 4.82. The smallest absolute Gasteiger partial charge is 0.0165 e. The minimum atomic E-state index is -0.147. The van der Waals surface area contributed by atoms with Gasteiger partial charge in [0.2, 0.25) is 0 Å². The third-order valence-electron chi connectivity index (χ3n) is 12.0. The highest BCUT2D eigenvalue weighted by atomic mass is 14.4. The van der Waals surface area contributed by atoms with Crippen molar-refractivity contribution in [1.82, 2.24) is 0 Å². The lowest BCUT2D eigenvalue weighted by Gasteiger charge is -2.24. The van der Waals surface area contributed by atoms with E-state index < -0.39 is 0 Å². The number of fused-ring (bicyclic) bond motifs is 11. The molecule has 10 aromatic rings. The molecule has 0 atom stereocenters. The largest absolute Gasteiger partial charge is 0.0616 e. The van der Waals surface area contributed by atoms with Gasteiger partial charge >= 0.3 is 0 Å². The second kappa shape index (κ2) is 11.2. The molecule has 248 valence electrons. The molecule has 0 heteroatoms. The standard InChI is InChI=1S/C53H36/c1-53(2)47-31-15-29-37(50(47)51-41-23-7-5-21-38(41)39-22-6-12-28-46(39)52(51)53)34-18-13-19-35(32-34)48-42-24-8-10-26-44(42)49(45-27-11-9-25-43(45)48)40-30-14-17-33-16-3-4-20-36(33)40/h3-32H,1-2H3. The van der Waals surface area contributed by atoms with Crippen LogP contribution in [0.5, 0.6) is 0 Å². The van der Waals surface area contributed by atoms with E-state index in [4.69, 9.17) is 0 Å². The molecule has 1 aliphatic carbocycles. The van der Waals surface area contributed by atoms with Gasteiger partial charge in [0.1, 0.15) is 0 Å². The lowest BCUT2D eigenvalue weighted by atomic mass is 9.79. The second-order valence-electron chi connectivity index (χ2n) is 15.1. The van der Waals surface area contributed by atoms with Crippen LogP contribution < -0.4 is 0 Å². The maximum atomic E-state index is 2.44. The molecule has 0 bridgehead atoms. The number of rotatable bonds is 3. The summed E-state index contributed by atoms with van der Waals surface area (Å²) >= 11 is 0. The first-order valence-corrected chi connectivity index (χ1v) is 18.7. The van der Waals surface area contributed by atoms with Gasteiger partial charge in [0.05, 0.1) is 0 Å². The summed E-state index contributed by atoms with van der Waals surface area (Å²) in [5.41, 5.74) is 13.1. The van der Waals surface area contributed by atoms with Gasteiger partial charge in [0.25, 0.3) is 0 Å². The molecule has 0 nitrogen and oxygen atoms in total. The minimum Gasteiger partial charge on any atom is -0.0616 e. The van der Waals surface area contributed by atoms with Crippen molar-refractivity contribution < 1.29 is 0 Å². The summed E-state index contributed by atoms with van der Waals surface area (Å²) in [6.07, 6.45) is 0. The van der Waals surface area contributed by atoms with Crippen LogP contribution in [0.15, 0.2) is 182 Å². The van der Waals surface area contributed by atoms with Gasteiger partial charge in [-0.1, -0.05) is 190 Å². The zero-order valence-corrected chi connectivity index (χ0v) is 29.8. The summed E-state index contributed by atoms with van der Waals surface area (Å²) in [7, 11) is 0. The molecule has 0 fully saturated rings. The Morgan fingerprint density at radius 2 is 0.755 bits per heavy atom. The maximum Gasteiger partial charge on any atom is 0.0165 e. The predicted molar refractivity (Wildman–Crippen MR) is 228 cm³/mol. The zero-order valence-electron chi connectivity index (χ0n) is 29.8. The number of hydrogen-bond donors (Lipinski definition) is 0. The Bertz CT molecular complexity index is 3080. The molecule has 0 aliphatic heterocycles. The van der Waals surface area contributed by atoms with Crippen LogP contribution in [0.3, 0.4) is 0 Å². The van der Waals surface area contributed by atoms with Gasteiger partial charge in [-0.2, -0.15) is 0 Å². The molecule has 10 aromatic carbocycles. The third kappa shape index (κ3) is 4.24. The molecule has 11 rings (SSSR count). The van der Waals surface area contributed by atoms with Crippen LogP contribution in [0.4, 0.5) is 0 Å². The summed E-state index contributed by atoms with van der Waals surface area (Å²) in [5.74, 6) is 0. The maximum absolute atomic E-state index is 2.44. The Labute approximate surface area is 309 Å². The second-order valence-corrected chi connectivity index (χ2v) is 15.1. The monoisotopic (exact) mass is 672 g/mol. The van der Waals surface area contributed by atoms with Crippen molar-refractivity contribution in [3.05, 3.63) is 193 Å². The van der Waals surface area contributed by atoms with Crippen molar-refractivity contribution in [2.75, 3.05) is 0 Å². The van der Waals surface area contributed by atoms with Crippen LogP contribution >= 0.6 is 0 Å². The fourth-order valence-electron chi connectivity index (χ4n) is 9.78. The summed E-state index contributed by atoms with van der Waals surface area (Å²) in [6, 6.07) is 67.7. The van der Waals surface area contributed by atoms with Crippen molar-refractivity contribution in [2.24, 2.45) is 0 Å². The van der Waals surface area contributed by atoms with Crippen molar-refractivity contribution >= 4 is 53.9 Å². The Morgan fingerprint density at radius 1 is 0.302 bits per heavy atom. The van der Waals surface area contributed by atoms with E-state index in [0.717, 1.165) is 0 Å². The molecule has 0 unspecified atom stereocenters. The van der Waals surface area contributed by atoms with Crippen molar-refractivity contribution in [1.29, 1.82) is 0 Å². The van der Waals surface area contributed by atoms with Gasteiger partial charge in [-0.15, -0.1) is 0 Å². The van der Waals surface area contributed by atoms with Crippen molar-refractivity contribution in [3.8, 4) is 44.5 Å². The molecule has 53 heavy (non-hydrogen) atoms. The van der Waals surface area contributed by atoms with Gasteiger partial charge < -0.3 is 0 Å². The molecular weight excluding hydrogens is 637 g/mol. The van der Waals surface area contributed by atoms with Crippen molar-refractivity contribution in [2.45, 2.75) is 19.3 Å². The average Bonchev–Trinajstić information content (AvgIpc) is 3.46. The van der Waals surface area contributed by atoms with Crippen LogP contribution in [0.25, 0.3) is 98.4 Å². The Kier molecular flexibility index (Phi) is 6.40. The van der Waals surface area contributed by atoms with E-state index in [-0.39, 0.29) is 5.41 Å². The highest BCUT2D eigenvalue weighted by Crippen LogP contribution is 2.57. The molecule has 1 aliphatic rings.